The Kier molecular flexibility index (Phi) is 2.25. The third-order valence-corrected chi connectivity index (χ3v) is 2.61. The smallest absolute Gasteiger partial charge is 0.251 e. The molecule has 14 heavy (non-hydrogen) atoms. The highest BCUT2D eigenvalue weighted by Crippen LogP contribution is 2.27. The van der Waals surface area contributed by atoms with Crippen LogP contribution in [0.25, 0.3) is 0 Å². The number of rotatable bonds is 1. The molecule has 1 fully saturated rings. The van der Waals surface area contributed by atoms with E-state index in [1.54, 1.807) is 0 Å². The summed E-state index contributed by atoms with van der Waals surface area (Å²) in [7, 11) is 0. The molecule has 6 heteroatoms. The van der Waals surface area contributed by atoms with Crippen LogP contribution in [0.3, 0.4) is 0 Å². The lowest BCUT2D eigenvalue weighted by molar-refractivity contribution is -0.117. The van der Waals surface area contributed by atoms with Gasteiger partial charge in [-0.3, -0.25) is 9.69 Å². The second-order valence-electron chi connectivity index (χ2n) is 2.96. The van der Waals surface area contributed by atoms with E-state index in [9.17, 15) is 4.79 Å². The second kappa shape index (κ2) is 3.42. The standard InChI is InChI=1S/C8H6BrN3O2/c9-6-1-7(13)12(4-6)8-5(2-10)3-11-14-8/h3,6H,1,4H2. The summed E-state index contributed by atoms with van der Waals surface area (Å²) in [6.45, 7) is 0.517. The summed E-state index contributed by atoms with van der Waals surface area (Å²) in [5.41, 5.74) is 0.292. The van der Waals surface area contributed by atoms with Crippen molar-refractivity contribution < 1.29 is 9.32 Å². The van der Waals surface area contributed by atoms with Crippen molar-refractivity contribution in [3.63, 3.8) is 0 Å². The molecule has 0 bridgehead atoms. The Morgan fingerprint density at radius 2 is 2.57 bits per heavy atom. The molecule has 1 aromatic rings. The zero-order valence-corrected chi connectivity index (χ0v) is 8.69. The van der Waals surface area contributed by atoms with Crippen molar-refractivity contribution in [3.8, 4) is 6.07 Å². The van der Waals surface area contributed by atoms with Crippen LogP contribution in [0.1, 0.15) is 12.0 Å². The van der Waals surface area contributed by atoms with E-state index >= 15 is 0 Å². The molecule has 0 spiro atoms. The summed E-state index contributed by atoms with van der Waals surface area (Å²) in [5.74, 6) is 0.194. The molecule has 0 aliphatic carbocycles. The van der Waals surface area contributed by atoms with Crippen molar-refractivity contribution >= 4 is 27.7 Å². The number of alkyl halides is 1. The van der Waals surface area contributed by atoms with Crippen molar-refractivity contribution in [2.45, 2.75) is 11.2 Å². The van der Waals surface area contributed by atoms with Crippen LogP contribution in [0.5, 0.6) is 0 Å². The largest absolute Gasteiger partial charge is 0.337 e. The van der Waals surface area contributed by atoms with Crippen molar-refractivity contribution in [2.24, 2.45) is 0 Å². The van der Waals surface area contributed by atoms with E-state index in [0.717, 1.165) is 0 Å². The topological polar surface area (TPSA) is 70.1 Å². The predicted molar refractivity (Wildman–Crippen MR) is 50.9 cm³/mol. The number of halogens is 1. The first-order chi connectivity index (χ1) is 6.72. The summed E-state index contributed by atoms with van der Waals surface area (Å²) >= 11 is 3.34. The van der Waals surface area contributed by atoms with Gasteiger partial charge in [-0.2, -0.15) is 5.26 Å². The van der Waals surface area contributed by atoms with E-state index in [2.05, 4.69) is 21.1 Å². The minimum absolute atomic E-state index is 0.0554. The molecular weight excluding hydrogens is 250 g/mol. The minimum atomic E-state index is -0.0554. The van der Waals surface area contributed by atoms with Gasteiger partial charge in [-0.05, 0) is 0 Å². The number of carbonyl (C=O) groups excluding carboxylic acids is 1. The lowest BCUT2D eigenvalue weighted by atomic mass is 10.3. The van der Waals surface area contributed by atoms with Crippen molar-refractivity contribution in [3.05, 3.63) is 11.8 Å². The number of nitriles is 1. The fourth-order valence-electron chi connectivity index (χ4n) is 1.37. The van der Waals surface area contributed by atoms with Gasteiger partial charge in [0.25, 0.3) is 5.88 Å². The average molecular weight is 256 g/mol. The number of nitrogens with zero attached hydrogens (tertiary/aromatic N) is 3. The van der Waals surface area contributed by atoms with E-state index in [4.69, 9.17) is 9.78 Å². The number of anilines is 1. The van der Waals surface area contributed by atoms with Crippen LogP contribution < -0.4 is 4.90 Å². The third-order valence-electron chi connectivity index (χ3n) is 1.99. The van der Waals surface area contributed by atoms with Crippen LogP contribution in [-0.4, -0.2) is 22.4 Å². The average Bonchev–Trinajstić information content (AvgIpc) is 2.71. The van der Waals surface area contributed by atoms with Gasteiger partial charge < -0.3 is 4.52 Å². The summed E-state index contributed by atoms with van der Waals surface area (Å²) in [6, 6.07) is 1.92. The Bertz CT molecular complexity index is 409. The molecule has 1 aromatic heterocycles. The first-order valence-electron chi connectivity index (χ1n) is 4.01. The van der Waals surface area contributed by atoms with E-state index in [-0.39, 0.29) is 16.6 Å². The molecular formula is C8H6BrN3O2. The molecule has 1 atom stereocenters. The van der Waals surface area contributed by atoms with E-state index in [1.807, 2.05) is 6.07 Å². The molecule has 72 valence electrons. The number of hydrogen-bond donors (Lipinski definition) is 0. The molecule has 0 radical (unpaired) electrons. The SMILES string of the molecule is N#Cc1cnoc1N1CC(Br)CC1=O. The van der Waals surface area contributed by atoms with Crippen LogP contribution in [0.2, 0.25) is 0 Å². The van der Waals surface area contributed by atoms with Crippen LogP contribution in [0.4, 0.5) is 5.88 Å². The Morgan fingerprint density at radius 3 is 3.14 bits per heavy atom. The van der Waals surface area contributed by atoms with Crippen LogP contribution in [0, 0.1) is 11.3 Å². The molecule has 1 saturated heterocycles. The molecule has 1 unspecified atom stereocenters. The Morgan fingerprint density at radius 1 is 1.79 bits per heavy atom. The van der Waals surface area contributed by atoms with Gasteiger partial charge in [0.2, 0.25) is 5.91 Å². The molecule has 1 aliphatic rings. The number of amides is 1. The lowest BCUT2D eigenvalue weighted by Gasteiger charge is -2.10. The van der Waals surface area contributed by atoms with E-state index in [1.165, 1.54) is 11.1 Å². The summed E-state index contributed by atoms with van der Waals surface area (Å²) in [5, 5.41) is 12.2. The minimum Gasteiger partial charge on any atom is -0.337 e. The maximum Gasteiger partial charge on any atom is 0.251 e. The molecule has 1 aliphatic heterocycles. The monoisotopic (exact) mass is 255 g/mol. The van der Waals surface area contributed by atoms with Crippen LogP contribution in [0.15, 0.2) is 10.7 Å². The number of carbonyl (C=O) groups is 1. The Labute approximate surface area is 88.4 Å². The summed E-state index contributed by atoms with van der Waals surface area (Å²) in [6.07, 6.45) is 1.73. The molecule has 0 N–H and O–H groups in total. The highest BCUT2D eigenvalue weighted by Gasteiger charge is 2.32. The zero-order chi connectivity index (χ0) is 10.1. The molecule has 2 heterocycles. The lowest BCUT2D eigenvalue weighted by Crippen LogP contribution is -2.24. The molecule has 1 amide bonds. The van der Waals surface area contributed by atoms with Crippen LogP contribution in [-0.2, 0) is 4.79 Å². The normalized spacial score (nSPS) is 21.3. The summed E-state index contributed by atoms with van der Waals surface area (Å²) in [4.78, 5) is 13.0. The highest BCUT2D eigenvalue weighted by atomic mass is 79.9. The first-order valence-corrected chi connectivity index (χ1v) is 4.93. The van der Waals surface area contributed by atoms with E-state index in [0.29, 0.717) is 18.5 Å². The quantitative estimate of drug-likeness (QED) is 0.704. The number of aromatic nitrogens is 1. The van der Waals surface area contributed by atoms with Gasteiger partial charge in [-0.25, -0.2) is 0 Å². The predicted octanol–water partition coefficient (Wildman–Crippen LogP) is 1.05. The van der Waals surface area contributed by atoms with Crippen molar-refractivity contribution in [1.29, 1.82) is 5.26 Å². The summed E-state index contributed by atoms with van der Waals surface area (Å²) < 4.78 is 4.87. The second-order valence-corrected chi connectivity index (χ2v) is 4.26. The first kappa shape index (κ1) is 9.21. The van der Waals surface area contributed by atoms with Gasteiger partial charge in [0.05, 0.1) is 6.20 Å². The van der Waals surface area contributed by atoms with Crippen molar-refractivity contribution in [2.75, 3.05) is 11.4 Å². The Balaban J connectivity index is 2.32. The molecule has 0 saturated carbocycles. The highest BCUT2D eigenvalue weighted by molar-refractivity contribution is 9.09. The maximum atomic E-state index is 11.4. The maximum absolute atomic E-state index is 11.4. The van der Waals surface area contributed by atoms with Crippen molar-refractivity contribution in [1.82, 2.24) is 5.16 Å². The van der Waals surface area contributed by atoms with Gasteiger partial charge in [0, 0.05) is 17.8 Å². The Hall–Kier alpha value is -1.35. The van der Waals surface area contributed by atoms with Gasteiger partial charge >= 0.3 is 0 Å². The van der Waals surface area contributed by atoms with E-state index < -0.39 is 0 Å². The fourth-order valence-corrected chi connectivity index (χ4v) is 1.93. The molecule has 2 rings (SSSR count). The van der Waals surface area contributed by atoms with Gasteiger partial charge in [-0.15, -0.1) is 0 Å². The van der Waals surface area contributed by atoms with Gasteiger partial charge in [0.1, 0.15) is 11.6 Å². The molecule has 0 aromatic carbocycles. The number of hydrogen-bond acceptors (Lipinski definition) is 4. The molecule has 5 nitrogen and oxygen atoms in total. The third kappa shape index (κ3) is 1.40. The zero-order valence-electron chi connectivity index (χ0n) is 7.11. The van der Waals surface area contributed by atoms with Gasteiger partial charge in [-0.1, -0.05) is 21.1 Å². The van der Waals surface area contributed by atoms with Crippen LogP contribution >= 0.6 is 15.9 Å². The fraction of sp³-hybridized carbons (Fsp3) is 0.375. The van der Waals surface area contributed by atoms with Gasteiger partial charge in [0.15, 0.2) is 0 Å².